The summed E-state index contributed by atoms with van der Waals surface area (Å²) in [5.74, 6) is -0.508. The van der Waals surface area contributed by atoms with Gasteiger partial charge in [-0.2, -0.15) is 0 Å². The van der Waals surface area contributed by atoms with Crippen molar-refractivity contribution in [2.75, 3.05) is 4.90 Å². The second kappa shape index (κ2) is 9.22. The fourth-order valence-corrected chi connectivity index (χ4v) is 3.40. The third-order valence-electron chi connectivity index (χ3n) is 4.04. The standard InChI is InChI=1S/C20H12Cl3N3O5/c21-15-4-2-1-3-14(15)19(27)25(20(24)28)12-9-16(22)18(17(23)10-12)31-13-7-5-11(6-8-13)26(29)30/h1-10H,(H2,24,28). The first-order chi connectivity index (χ1) is 14.7. The zero-order valence-corrected chi connectivity index (χ0v) is 17.7. The summed E-state index contributed by atoms with van der Waals surface area (Å²) >= 11 is 18.6. The summed E-state index contributed by atoms with van der Waals surface area (Å²) in [6.45, 7) is 0. The Balaban J connectivity index is 1.95. The van der Waals surface area contributed by atoms with Gasteiger partial charge in [0, 0.05) is 12.1 Å². The molecule has 0 spiro atoms. The van der Waals surface area contributed by atoms with Crippen LogP contribution >= 0.6 is 34.8 Å². The Labute approximate surface area is 190 Å². The first-order valence-electron chi connectivity index (χ1n) is 8.49. The maximum Gasteiger partial charge on any atom is 0.326 e. The van der Waals surface area contributed by atoms with Crippen LogP contribution in [0.1, 0.15) is 10.4 Å². The Bertz CT molecular complexity index is 1160. The highest BCUT2D eigenvalue weighted by Gasteiger charge is 2.26. The van der Waals surface area contributed by atoms with Crippen LogP contribution in [0.25, 0.3) is 0 Å². The molecule has 0 bridgehead atoms. The minimum atomic E-state index is -1.07. The van der Waals surface area contributed by atoms with Crippen molar-refractivity contribution in [3.8, 4) is 11.5 Å². The predicted molar refractivity (Wildman–Crippen MR) is 117 cm³/mol. The molecule has 158 valence electrons. The van der Waals surface area contributed by atoms with E-state index in [9.17, 15) is 19.7 Å². The monoisotopic (exact) mass is 479 g/mol. The number of rotatable bonds is 5. The van der Waals surface area contributed by atoms with Gasteiger partial charge in [0.25, 0.3) is 11.6 Å². The average molecular weight is 481 g/mol. The van der Waals surface area contributed by atoms with Gasteiger partial charge in [-0.3, -0.25) is 14.9 Å². The van der Waals surface area contributed by atoms with Crippen molar-refractivity contribution in [2.24, 2.45) is 5.73 Å². The summed E-state index contributed by atoms with van der Waals surface area (Å²) in [6, 6.07) is 12.9. The van der Waals surface area contributed by atoms with E-state index >= 15 is 0 Å². The molecule has 3 aromatic rings. The number of carbonyl (C=O) groups is 2. The number of ether oxygens (including phenoxy) is 1. The highest BCUT2D eigenvalue weighted by molar-refractivity contribution is 6.39. The smallest absolute Gasteiger partial charge is 0.326 e. The molecular weight excluding hydrogens is 469 g/mol. The number of carbonyl (C=O) groups excluding carboxylic acids is 2. The number of urea groups is 1. The Morgan fingerprint density at radius 3 is 2.03 bits per heavy atom. The molecule has 0 aliphatic carbocycles. The molecule has 31 heavy (non-hydrogen) atoms. The van der Waals surface area contributed by atoms with Crippen molar-refractivity contribution in [1.82, 2.24) is 0 Å². The molecule has 8 nitrogen and oxygen atoms in total. The molecule has 3 aromatic carbocycles. The number of nitro benzene ring substituents is 1. The van der Waals surface area contributed by atoms with Crippen LogP contribution in [-0.2, 0) is 0 Å². The van der Waals surface area contributed by atoms with Gasteiger partial charge in [0.15, 0.2) is 5.75 Å². The second-order valence-electron chi connectivity index (χ2n) is 6.05. The van der Waals surface area contributed by atoms with Crippen LogP contribution in [0.2, 0.25) is 15.1 Å². The third kappa shape index (κ3) is 4.88. The highest BCUT2D eigenvalue weighted by Crippen LogP contribution is 2.40. The van der Waals surface area contributed by atoms with Crippen LogP contribution in [0.15, 0.2) is 60.7 Å². The maximum absolute atomic E-state index is 12.9. The van der Waals surface area contributed by atoms with Gasteiger partial charge in [-0.1, -0.05) is 46.9 Å². The van der Waals surface area contributed by atoms with Gasteiger partial charge in [0.05, 0.1) is 31.2 Å². The Morgan fingerprint density at radius 1 is 0.935 bits per heavy atom. The fourth-order valence-electron chi connectivity index (χ4n) is 2.63. The van der Waals surface area contributed by atoms with Crippen molar-refractivity contribution >= 4 is 58.1 Å². The number of hydrogen-bond acceptors (Lipinski definition) is 5. The van der Waals surface area contributed by atoms with Gasteiger partial charge in [0.2, 0.25) is 0 Å². The van der Waals surface area contributed by atoms with Crippen molar-refractivity contribution in [1.29, 1.82) is 0 Å². The molecular formula is C20H12Cl3N3O5. The second-order valence-corrected chi connectivity index (χ2v) is 7.27. The number of amides is 3. The van der Waals surface area contributed by atoms with E-state index in [1.807, 2.05) is 0 Å². The SMILES string of the molecule is NC(=O)N(C(=O)c1ccccc1Cl)c1cc(Cl)c(Oc2ccc([N+](=O)[O-])cc2)c(Cl)c1. The molecule has 0 aliphatic rings. The molecule has 0 aliphatic heterocycles. The van der Waals surface area contributed by atoms with Gasteiger partial charge in [-0.25, -0.2) is 9.69 Å². The topological polar surface area (TPSA) is 116 Å². The largest absolute Gasteiger partial charge is 0.454 e. The van der Waals surface area contributed by atoms with Crippen molar-refractivity contribution in [3.63, 3.8) is 0 Å². The van der Waals surface area contributed by atoms with E-state index in [2.05, 4.69) is 0 Å². The normalized spacial score (nSPS) is 10.4. The molecule has 3 amide bonds. The first-order valence-corrected chi connectivity index (χ1v) is 9.62. The van der Waals surface area contributed by atoms with Crippen molar-refractivity contribution in [2.45, 2.75) is 0 Å². The third-order valence-corrected chi connectivity index (χ3v) is 4.93. The van der Waals surface area contributed by atoms with E-state index in [1.165, 1.54) is 48.5 Å². The number of halogens is 3. The van der Waals surface area contributed by atoms with Crippen LogP contribution in [0.3, 0.4) is 0 Å². The number of non-ortho nitro benzene ring substituents is 1. The average Bonchev–Trinajstić information content (AvgIpc) is 2.71. The molecule has 3 rings (SSSR count). The number of nitro groups is 1. The maximum atomic E-state index is 12.9. The molecule has 0 aromatic heterocycles. The lowest BCUT2D eigenvalue weighted by atomic mass is 10.1. The first kappa shape index (κ1) is 22.4. The van der Waals surface area contributed by atoms with Crippen LogP contribution in [-0.4, -0.2) is 16.9 Å². The lowest BCUT2D eigenvalue weighted by Crippen LogP contribution is -2.41. The van der Waals surface area contributed by atoms with Crippen LogP contribution in [0, 0.1) is 10.1 Å². The number of hydrogen-bond donors (Lipinski definition) is 1. The number of anilines is 1. The number of imide groups is 1. The minimum Gasteiger partial charge on any atom is -0.454 e. The lowest BCUT2D eigenvalue weighted by Gasteiger charge is -2.21. The van der Waals surface area contributed by atoms with E-state index in [4.69, 9.17) is 45.3 Å². The highest BCUT2D eigenvalue weighted by atomic mass is 35.5. The summed E-state index contributed by atoms with van der Waals surface area (Å²) in [5.41, 5.74) is 5.35. The molecule has 0 saturated carbocycles. The molecule has 0 saturated heterocycles. The molecule has 2 N–H and O–H groups in total. The Hall–Kier alpha value is -3.33. The Morgan fingerprint density at radius 2 is 1.52 bits per heavy atom. The van der Waals surface area contributed by atoms with Gasteiger partial charge in [0.1, 0.15) is 5.75 Å². The van der Waals surface area contributed by atoms with Gasteiger partial charge in [-0.05, 0) is 36.4 Å². The summed E-state index contributed by atoms with van der Waals surface area (Å²) in [4.78, 5) is 35.8. The van der Waals surface area contributed by atoms with Crippen molar-refractivity contribution in [3.05, 3.63) is 91.4 Å². The molecule has 0 heterocycles. The number of benzene rings is 3. The molecule has 0 unspecified atom stereocenters. The predicted octanol–water partition coefficient (Wildman–Crippen LogP) is 6.07. The zero-order valence-electron chi connectivity index (χ0n) is 15.4. The van der Waals surface area contributed by atoms with E-state index in [-0.39, 0.29) is 43.5 Å². The van der Waals surface area contributed by atoms with Crippen LogP contribution < -0.4 is 15.4 Å². The van der Waals surface area contributed by atoms with Gasteiger partial charge >= 0.3 is 6.03 Å². The number of nitrogens with two attached hydrogens (primary N) is 1. The summed E-state index contributed by atoms with van der Waals surface area (Å²) < 4.78 is 5.61. The van der Waals surface area contributed by atoms with E-state index in [1.54, 1.807) is 12.1 Å². The van der Waals surface area contributed by atoms with E-state index < -0.39 is 16.9 Å². The van der Waals surface area contributed by atoms with Gasteiger partial charge in [-0.15, -0.1) is 0 Å². The minimum absolute atomic E-state index is 0.00321. The fraction of sp³-hybridized carbons (Fsp3) is 0. The molecule has 0 radical (unpaired) electrons. The van der Waals surface area contributed by atoms with E-state index in [0.717, 1.165) is 0 Å². The number of nitrogens with zero attached hydrogens (tertiary/aromatic N) is 2. The molecule has 11 heteroatoms. The lowest BCUT2D eigenvalue weighted by molar-refractivity contribution is -0.384. The van der Waals surface area contributed by atoms with E-state index in [0.29, 0.717) is 4.90 Å². The summed E-state index contributed by atoms with van der Waals surface area (Å²) in [5, 5.41) is 10.8. The summed E-state index contributed by atoms with van der Waals surface area (Å²) in [6.07, 6.45) is 0. The Kier molecular flexibility index (Phi) is 6.65. The summed E-state index contributed by atoms with van der Waals surface area (Å²) in [7, 11) is 0. The molecule has 0 atom stereocenters. The zero-order chi connectivity index (χ0) is 22.7. The van der Waals surface area contributed by atoms with Crippen LogP contribution in [0.4, 0.5) is 16.2 Å². The van der Waals surface area contributed by atoms with Crippen molar-refractivity contribution < 1.29 is 19.2 Å². The van der Waals surface area contributed by atoms with Crippen LogP contribution in [0.5, 0.6) is 11.5 Å². The molecule has 0 fully saturated rings. The quantitative estimate of drug-likeness (QED) is 0.351. The van der Waals surface area contributed by atoms with Gasteiger partial charge < -0.3 is 10.5 Å². The number of primary amides is 1.